The number of ether oxygens (including phenoxy) is 1. The molecule has 0 amide bonds. The SMILES string of the molecule is Fc1cccc(F)c1C1=NC(c2ccc(CN3CCc4ccccc43)cc2)CO1. The van der Waals surface area contributed by atoms with Crippen LogP contribution in [0.2, 0.25) is 0 Å². The van der Waals surface area contributed by atoms with Gasteiger partial charge in [0.25, 0.3) is 0 Å². The van der Waals surface area contributed by atoms with E-state index in [1.54, 1.807) is 0 Å². The summed E-state index contributed by atoms with van der Waals surface area (Å²) in [6, 6.07) is 20.2. The third-order valence-corrected chi connectivity index (χ3v) is 5.55. The molecule has 2 aliphatic heterocycles. The third kappa shape index (κ3) is 3.37. The van der Waals surface area contributed by atoms with E-state index in [9.17, 15) is 8.78 Å². The van der Waals surface area contributed by atoms with Gasteiger partial charge in [0.2, 0.25) is 5.90 Å². The number of para-hydroxylation sites is 1. The number of fused-ring (bicyclic) bond motifs is 1. The molecular weight excluding hydrogens is 370 g/mol. The highest BCUT2D eigenvalue weighted by Gasteiger charge is 2.26. The van der Waals surface area contributed by atoms with Gasteiger partial charge in [-0.1, -0.05) is 48.5 Å². The summed E-state index contributed by atoms with van der Waals surface area (Å²) in [6.45, 7) is 2.16. The van der Waals surface area contributed by atoms with E-state index in [0.717, 1.165) is 25.1 Å². The predicted molar refractivity (Wildman–Crippen MR) is 109 cm³/mol. The molecule has 0 saturated heterocycles. The summed E-state index contributed by atoms with van der Waals surface area (Å²) in [5.41, 5.74) is 4.70. The van der Waals surface area contributed by atoms with Crippen LogP contribution in [0.25, 0.3) is 0 Å². The van der Waals surface area contributed by atoms with Gasteiger partial charge in [0, 0.05) is 18.8 Å². The highest BCUT2D eigenvalue weighted by molar-refractivity contribution is 5.95. The minimum atomic E-state index is -0.661. The first-order valence-electron chi connectivity index (χ1n) is 9.76. The van der Waals surface area contributed by atoms with Gasteiger partial charge in [-0.2, -0.15) is 0 Å². The van der Waals surface area contributed by atoms with Crippen molar-refractivity contribution in [3.8, 4) is 0 Å². The molecule has 0 N–H and O–H groups in total. The summed E-state index contributed by atoms with van der Waals surface area (Å²) in [4.78, 5) is 6.81. The maximum absolute atomic E-state index is 14.0. The molecule has 1 unspecified atom stereocenters. The Kier molecular flexibility index (Phi) is 4.51. The quantitative estimate of drug-likeness (QED) is 0.623. The summed E-state index contributed by atoms with van der Waals surface area (Å²) in [7, 11) is 0. The van der Waals surface area contributed by atoms with E-state index in [4.69, 9.17) is 4.74 Å². The van der Waals surface area contributed by atoms with Crippen LogP contribution in [0, 0.1) is 11.6 Å². The van der Waals surface area contributed by atoms with E-state index < -0.39 is 11.6 Å². The second-order valence-corrected chi connectivity index (χ2v) is 7.40. The molecule has 3 aromatic carbocycles. The molecule has 3 aromatic rings. The van der Waals surface area contributed by atoms with Crippen molar-refractivity contribution in [1.29, 1.82) is 0 Å². The predicted octanol–water partition coefficient (Wildman–Crippen LogP) is 5.05. The molecule has 0 radical (unpaired) electrons. The Labute approximate surface area is 168 Å². The molecule has 0 aliphatic carbocycles. The van der Waals surface area contributed by atoms with Gasteiger partial charge in [0.05, 0.1) is 0 Å². The minimum Gasteiger partial charge on any atom is -0.475 e. The first kappa shape index (κ1) is 17.9. The molecule has 0 spiro atoms. The van der Waals surface area contributed by atoms with Crippen LogP contribution < -0.4 is 4.90 Å². The molecule has 146 valence electrons. The first-order chi connectivity index (χ1) is 14.2. The van der Waals surface area contributed by atoms with Gasteiger partial charge in [0.1, 0.15) is 29.8 Å². The van der Waals surface area contributed by atoms with Crippen molar-refractivity contribution in [2.24, 2.45) is 4.99 Å². The van der Waals surface area contributed by atoms with E-state index >= 15 is 0 Å². The smallest absolute Gasteiger partial charge is 0.222 e. The van der Waals surface area contributed by atoms with E-state index in [0.29, 0.717) is 0 Å². The van der Waals surface area contributed by atoms with Crippen molar-refractivity contribution in [3.05, 3.63) is 101 Å². The Morgan fingerprint density at radius 1 is 0.931 bits per heavy atom. The van der Waals surface area contributed by atoms with Crippen molar-refractivity contribution < 1.29 is 13.5 Å². The number of nitrogens with zero attached hydrogens (tertiary/aromatic N) is 2. The van der Waals surface area contributed by atoms with Crippen LogP contribution >= 0.6 is 0 Å². The van der Waals surface area contributed by atoms with Crippen molar-refractivity contribution in [1.82, 2.24) is 0 Å². The summed E-state index contributed by atoms with van der Waals surface area (Å²) in [6.07, 6.45) is 1.08. The zero-order valence-electron chi connectivity index (χ0n) is 15.8. The highest BCUT2D eigenvalue weighted by Crippen LogP contribution is 2.30. The molecule has 0 fully saturated rings. The topological polar surface area (TPSA) is 24.8 Å². The largest absolute Gasteiger partial charge is 0.475 e. The zero-order chi connectivity index (χ0) is 19.8. The second-order valence-electron chi connectivity index (χ2n) is 7.40. The van der Waals surface area contributed by atoms with E-state index in [-0.39, 0.29) is 24.1 Å². The van der Waals surface area contributed by atoms with E-state index in [1.165, 1.54) is 35.0 Å². The molecule has 5 rings (SSSR count). The molecule has 5 heteroatoms. The fourth-order valence-corrected chi connectivity index (χ4v) is 4.02. The molecule has 2 heterocycles. The number of rotatable bonds is 4. The minimum absolute atomic E-state index is 0.0309. The fraction of sp³-hybridized carbons (Fsp3) is 0.208. The number of benzene rings is 3. The van der Waals surface area contributed by atoms with Gasteiger partial charge in [-0.25, -0.2) is 13.8 Å². The fourth-order valence-electron chi connectivity index (χ4n) is 4.02. The molecular formula is C24H20F2N2O. The van der Waals surface area contributed by atoms with Crippen LogP contribution in [0.5, 0.6) is 0 Å². The van der Waals surface area contributed by atoms with Crippen LogP contribution in [-0.2, 0) is 17.7 Å². The average molecular weight is 390 g/mol. The van der Waals surface area contributed by atoms with Gasteiger partial charge in [-0.15, -0.1) is 0 Å². The summed E-state index contributed by atoms with van der Waals surface area (Å²) in [5, 5.41) is 0. The molecule has 0 saturated carbocycles. The van der Waals surface area contributed by atoms with Crippen LogP contribution in [-0.4, -0.2) is 19.0 Å². The summed E-state index contributed by atoms with van der Waals surface area (Å²) in [5.74, 6) is -1.29. The molecule has 3 nitrogen and oxygen atoms in total. The number of anilines is 1. The lowest BCUT2D eigenvalue weighted by Gasteiger charge is -2.19. The van der Waals surface area contributed by atoms with Gasteiger partial charge in [-0.05, 0) is 41.3 Å². The third-order valence-electron chi connectivity index (χ3n) is 5.55. The van der Waals surface area contributed by atoms with Gasteiger partial charge >= 0.3 is 0 Å². The zero-order valence-corrected chi connectivity index (χ0v) is 15.8. The lowest BCUT2D eigenvalue weighted by atomic mass is 10.1. The molecule has 29 heavy (non-hydrogen) atoms. The Bertz CT molecular complexity index is 1060. The van der Waals surface area contributed by atoms with E-state index in [2.05, 4.69) is 46.3 Å². The maximum atomic E-state index is 14.0. The van der Waals surface area contributed by atoms with Crippen molar-refractivity contribution >= 4 is 11.6 Å². The number of aliphatic imine (C=N–C) groups is 1. The van der Waals surface area contributed by atoms with Crippen LogP contribution in [0.1, 0.15) is 28.3 Å². The van der Waals surface area contributed by atoms with Gasteiger partial charge in [0.15, 0.2) is 0 Å². The maximum Gasteiger partial charge on any atom is 0.222 e. The lowest BCUT2D eigenvalue weighted by molar-refractivity contribution is 0.317. The van der Waals surface area contributed by atoms with Crippen LogP contribution in [0.3, 0.4) is 0 Å². The molecule has 2 aliphatic rings. The van der Waals surface area contributed by atoms with Crippen molar-refractivity contribution in [3.63, 3.8) is 0 Å². The Morgan fingerprint density at radius 2 is 1.69 bits per heavy atom. The standard InChI is InChI=1S/C24H20F2N2O/c25-19-5-3-6-20(26)23(19)24-27-21(15-29-24)17-10-8-16(9-11-17)14-28-13-12-18-4-1-2-7-22(18)28/h1-11,21H,12-15H2. The van der Waals surface area contributed by atoms with Crippen LogP contribution in [0.15, 0.2) is 71.7 Å². The average Bonchev–Trinajstić information content (AvgIpc) is 3.37. The van der Waals surface area contributed by atoms with E-state index in [1.807, 2.05) is 12.1 Å². The Hall–Kier alpha value is -3.21. The lowest BCUT2D eigenvalue weighted by Crippen LogP contribution is -2.19. The second kappa shape index (κ2) is 7.32. The van der Waals surface area contributed by atoms with Crippen molar-refractivity contribution in [2.75, 3.05) is 18.1 Å². The molecule has 0 bridgehead atoms. The van der Waals surface area contributed by atoms with Gasteiger partial charge < -0.3 is 9.64 Å². The normalized spacial score (nSPS) is 17.8. The highest BCUT2D eigenvalue weighted by atomic mass is 19.1. The number of halogens is 2. The van der Waals surface area contributed by atoms with Crippen molar-refractivity contribution in [2.45, 2.75) is 19.0 Å². The summed E-state index contributed by atoms with van der Waals surface area (Å²) >= 11 is 0. The Balaban J connectivity index is 1.32. The molecule has 1 atom stereocenters. The molecule has 0 aromatic heterocycles. The monoisotopic (exact) mass is 390 g/mol. The van der Waals surface area contributed by atoms with Crippen LogP contribution in [0.4, 0.5) is 14.5 Å². The van der Waals surface area contributed by atoms with Gasteiger partial charge in [-0.3, -0.25) is 0 Å². The summed E-state index contributed by atoms with van der Waals surface area (Å²) < 4.78 is 33.5. The number of hydrogen-bond donors (Lipinski definition) is 0. The first-order valence-corrected chi connectivity index (χ1v) is 9.76. The number of hydrogen-bond acceptors (Lipinski definition) is 3. The Morgan fingerprint density at radius 3 is 2.48 bits per heavy atom.